The molecule has 0 aromatic heterocycles. The van der Waals surface area contributed by atoms with Gasteiger partial charge in [-0.2, -0.15) is 0 Å². The van der Waals surface area contributed by atoms with Crippen LogP contribution in [0.3, 0.4) is 0 Å². The van der Waals surface area contributed by atoms with Gasteiger partial charge in [-0.05, 0) is 36.7 Å². The highest BCUT2D eigenvalue weighted by atomic mass is 79.9. The van der Waals surface area contributed by atoms with Gasteiger partial charge in [-0.15, -0.1) is 0 Å². The molecule has 0 radical (unpaired) electrons. The van der Waals surface area contributed by atoms with Crippen LogP contribution in [0.5, 0.6) is 0 Å². The second-order valence-electron chi connectivity index (χ2n) is 4.57. The van der Waals surface area contributed by atoms with Crippen molar-refractivity contribution in [3.05, 3.63) is 69.7 Å². The average molecular weight is 340 g/mol. The van der Waals surface area contributed by atoms with Crippen molar-refractivity contribution >= 4 is 15.9 Å². The molecule has 1 nitrogen and oxygen atoms in total. The van der Waals surface area contributed by atoms with E-state index >= 15 is 0 Å². The van der Waals surface area contributed by atoms with Gasteiger partial charge in [0.05, 0.1) is 6.04 Å². The lowest BCUT2D eigenvalue weighted by atomic mass is 9.98. The van der Waals surface area contributed by atoms with Crippen LogP contribution in [-0.4, -0.2) is 6.54 Å². The smallest absolute Gasteiger partial charge is 0.128 e. The molecule has 0 aliphatic carbocycles. The summed E-state index contributed by atoms with van der Waals surface area (Å²) in [5.41, 5.74) is 1.39. The maximum absolute atomic E-state index is 14.0. The molecule has 0 aliphatic heterocycles. The van der Waals surface area contributed by atoms with Crippen molar-refractivity contribution in [1.82, 2.24) is 5.32 Å². The van der Waals surface area contributed by atoms with Crippen molar-refractivity contribution in [2.45, 2.75) is 19.4 Å². The van der Waals surface area contributed by atoms with Crippen LogP contribution in [0.25, 0.3) is 0 Å². The molecule has 20 heavy (non-hydrogen) atoms. The van der Waals surface area contributed by atoms with E-state index in [1.165, 1.54) is 18.2 Å². The molecule has 0 saturated carbocycles. The SMILES string of the molecule is CCCNC(c1ccccc1F)c1ccc(F)cc1Br. The Kier molecular flexibility index (Phi) is 5.26. The summed E-state index contributed by atoms with van der Waals surface area (Å²) in [6, 6.07) is 10.8. The molecule has 106 valence electrons. The van der Waals surface area contributed by atoms with Gasteiger partial charge in [0.2, 0.25) is 0 Å². The maximum atomic E-state index is 14.0. The van der Waals surface area contributed by atoms with Crippen LogP contribution in [0.4, 0.5) is 8.78 Å². The molecular weight excluding hydrogens is 324 g/mol. The molecule has 2 rings (SSSR count). The number of hydrogen-bond donors (Lipinski definition) is 1. The first-order valence-electron chi connectivity index (χ1n) is 6.56. The van der Waals surface area contributed by atoms with E-state index in [4.69, 9.17) is 0 Å². The summed E-state index contributed by atoms with van der Waals surface area (Å²) in [5, 5.41) is 3.31. The lowest BCUT2D eigenvalue weighted by Gasteiger charge is -2.21. The zero-order valence-corrected chi connectivity index (χ0v) is 12.8. The van der Waals surface area contributed by atoms with Gasteiger partial charge in [0, 0.05) is 10.0 Å². The monoisotopic (exact) mass is 339 g/mol. The molecule has 0 spiro atoms. The molecule has 0 bridgehead atoms. The van der Waals surface area contributed by atoms with Crippen molar-refractivity contribution in [3.8, 4) is 0 Å². The molecule has 0 saturated heterocycles. The van der Waals surface area contributed by atoms with E-state index < -0.39 is 0 Å². The molecule has 1 unspecified atom stereocenters. The van der Waals surface area contributed by atoms with Gasteiger partial charge in [0.15, 0.2) is 0 Å². The second-order valence-corrected chi connectivity index (χ2v) is 5.43. The lowest BCUT2D eigenvalue weighted by Crippen LogP contribution is -2.24. The van der Waals surface area contributed by atoms with E-state index in [9.17, 15) is 8.78 Å². The highest BCUT2D eigenvalue weighted by molar-refractivity contribution is 9.10. The number of rotatable bonds is 5. The van der Waals surface area contributed by atoms with Gasteiger partial charge in [0.1, 0.15) is 11.6 Å². The number of benzene rings is 2. The van der Waals surface area contributed by atoms with Crippen molar-refractivity contribution in [2.75, 3.05) is 6.54 Å². The molecule has 1 N–H and O–H groups in total. The highest BCUT2D eigenvalue weighted by Crippen LogP contribution is 2.30. The highest BCUT2D eigenvalue weighted by Gasteiger charge is 2.19. The molecule has 4 heteroatoms. The van der Waals surface area contributed by atoms with Crippen LogP contribution >= 0.6 is 15.9 Å². The number of hydrogen-bond acceptors (Lipinski definition) is 1. The molecule has 0 aliphatic rings. The minimum atomic E-state index is -0.316. The Bertz CT molecular complexity index is 586. The van der Waals surface area contributed by atoms with E-state index in [-0.39, 0.29) is 17.7 Å². The fourth-order valence-electron chi connectivity index (χ4n) is 2.12. The van der Waals surface area contributed by atoms with E-state index in [1.807, 2.05) is 6.92 Å². The largest absolute Gasteiger partial charge is 0.306 e. The molecular formula is C16H16BrF2N. The van der Waals surface area contributed by atoms with Crippen LogP contribution in [0.15, 0.2) is 46.9 Å². The molecule has 0 fully saturated rings. The van der Waals surface area contributed by atoms with Crippen LogP contribution in [0, 0.1) is 11.6 Å². The number of halogens is 3. The fraction of sp³-hybridized carbons (Fsp3) is 0.250. The van der Waals surface area contributed by atoms with Crippen LogP contribution in [-0.2, 0) is 0 Å². The lowest BCUT2D eigenvalue weighted by molar-refractivity contribution is 0.544. The van der Waals surface area contributed by atoms with E-state index in [0.29, 0.717) is 10.0 Å². The Morgan fingerprint density at radius 2 is 1.85 bits per heavy atom. The molecule has 0 heterocycles. The minimum Gasteiger partial charge on any atom is -0.306 e. The zero-order chi connectivity index (χ0) is 14.5. The van der Waals surface area contributed by atoms with Gasteiger partial charge in [-0.1, -0.05) is 47.1 Å². The van der Waals surface area contributed by atoms with Crippen molar-refractivity contribution in [1.29, 1.82) is 0 Å². The Morgan fingerprint density at radius 1 is 1.10 bits per heavy atom. The first-order valence-corrected chi connectivity index (χ1v) is 7.35. The fourth-order valence-corrected chi connectivity index (χ4v) is 2.70. The predicted octanol–water partition coefficient (Wildman–Crippen LogP) is 4.82. The van der Waals surface area contributed by atoms with Gasteiger partial charge in [-0.25, -0.2) is 8.78 Å². The number of nitrogens with one attached hydrogen (secondary N) is 1. The Balaban J connectivity index is 2.44. The normalized spacial score (nSPS) is 12.4. The third kappa shape index (κ3) is 3.44. The molecule has 2 aromatic carbocycles. The summed E-state index contributed by atoms with van der Waals surface area (Å²) in [6.07, 6.45) is 0.934. The molecule has 1 atom stereocenters. The van der Waals surface area contributed by atoms with Crippen LogP contribution in [0.1, 0.15) is 30.5 Å². The summed E-state index contributed by atoms with van der Waals surface area (Å²) in [6.45, 7) is 2.80. The summed E-state index contributed by atoms with van der Waals surface area (Å²) >= 11 is 3.36. The van der Waals surface area contributed by atoms with Crippen molar-refractivity contribution in [2.24, 2.45) is 0 Å². The predicted molar refractivity (Wildman–Crippen MR) is 80.6 cm³/mol. The Morgan fingerprint density at radius 3 is 2.50 bits per heavy atom. The average Bonchev–Trinajstić information content (AvgIpc) is 2.42. The summed E-state index contributed by atoms with van der Waals surface area (Å²) < 4.78 is 27.9. The minimum absolute atomic E-state index is 0.266. The summed E-state index contributed by atoms with van der Waals surface area (Å²) in [5.74, 6) is -0.583. The Hall–Kier alpha value is -1.26. The molecule has 2 aromatic rings. The third-order valence-corrected chi connectivity index (χ3v) is 3.77. The standard InChI is InChI=1S/C16H16BrF2N/c1-2-9-20-16(13-5-3-4-6-15(13)19)12-8-7-11(18)10-14(12)17/h3-8,10,16,20H,2,9H2,1H3. The van der Waals surface area contributed by atoms with Gasteiger partial charge in [-0.3, -0.25) is 0 Å². The third-order valence-electron chi connectivity index (χ3n) is 3.09. The quantitative estimate of drug-likeness (QED) is 0.823. The van der Waals surface area contributed by atoms with Crippen molar-refractivity contribution < 1.29 is 8.78 Å². The van der Waals surface area contributed by atoms with Gasteiger partial charge >= 0.3 is 0 Å². The first-order chi connectivity index (χ1) is 9.63. The summed E-state index contributed by atoms with van der Waals surface area (Å²) in [4.78, 5) is 0. The van der Waals surface area contributed by atoms with Gasteiger partial charge < -0.3 is 5.32 Å². The van der Waals surface area contributed by atoms with Crippen molar-refractivity contribution in [3.63, 3.8) is 0 Å². The van der Waals surface area contributed by atoms with E-state index in [0.717, 1.165) is 18.5 Å². The van der Waals surface area contributed by atoms with Gasteiger partial charge in [0.25, 0.3) is 0 Å². The van der Waals surface area contributed by atoms with E-state index in [1.54, 1.807) is 24.3 Å². The maximum Gasteiger partial charge on any atom is 0.128 e. The Labute approximate surface area is 126 Å². The van der Waals surface area contributed by atoms with Crippen LogP contribution < -0.4 is 5.32 Å². The first kappa shape index (κ1) is 15.1. The second kappa shape index (κ2) is 6.95. The van der Waals surface area contributed by atoms with E-state index in [2.05, 4.69) is 21.2 Å². The summed E-state index contributed by atoms with van der Waals surface area (Å²) in [7, 11) is 0. The van der Waals surface area contributed by atoms with Crippen LogP contribution in [0.2, 0.25) is 0 Å². The zero-order valence-electron chi connectivity index (χ0n) is 11.2. The topological polar surface area (TPSA) is 12.0 Å². The molecule has 0 amide bonds.